The zero-order chi connectivity index (χ0) is 14.7. The quantitative estimate of drug-likeness (QED) is 0.881. The Morgan fingerprint density at radius 1 is 1.00 bits per heavy atom. The second kappa shape index (κ2) is 6.09. The molecule has 0 heterocycles. The van der Waals surface area contributed by atoms with Gasteiger partial charge in [-0.15, -0.1) is 0 Å². The monoisotopic (exact) mass is 279 g/mol. The van der Waals surface area contributed by atoms with Crippen LogP contribution in [0.15, 0.2) is 36.4 Å². The van der Waals surface area contributed by atoms with Crippen LogP contribution in [0, 0.1) is 24.4 Å². The Morgan fingerprint density at radius 2 is 1.65 bits per heavy atom. The third-order valence-electron chi connectivity index (χ3n) is 3.28. The van der Waals surface area contributed by atoms with Gasteiger partial charge in [0.1, 0.15) is 17.5 Å². The molecule has 1 atom stereocenters. The van der Waals surface area contributed by atoms with E-state index in [0.29, 0.717) is 12.1 Å². The molecule has 1 N–H and O–H groups in total. The summed E-state index contributed by atoms with van der Waals surface area (Å²) in [4.78, 5) is 0. The zero-order valence-corrected chi connectivity index (χ0v) is 11.4. The molecule has 0 aromatic heterocycles. The largest absolute Gasteiger partial charge is 0.306 e. The van der Waals surface area contributed by atoms with Gasteiger partial charge in [-0.25, -0.2) is 13.2 Å². The van der Waals surface area contributed by atoms with Crippen LogP contribution in [0.1, 0.15) is 29.7 Å². The average molecular weight is 279 g/mol. The van der Waals surface area contributed by atoms with Crippen LogP contribution in [-0.2, 0) is 6.54 Å². The minimum Gasteiger partial charge on any atom is -0.306 e. The fourth-order valence-corrected chi connectivity index (χ4v) is 2.04. The van der Waals surface area contributed by atoms with Gasteiger partial charge in [-0.2, -0.15) is 0 Å². The summed E-state index contributed by atoms with van der Waals surface area (Å²) in [7, 11) is 0. The molecule has 0 spiro atoms. The van der Waals surface area contributed by atoms with E-state index in [-0.39, 0.29) is 11.4 Å². The lowest BCUT2D eigenvalue weighted by Crippen LogP contribution is -2.20. The van der Waals surface area contributed by atoms with E-state index in [1.165, 1.54) is 24.3 Å². The normalized spacial score (nSPS) is 12.4. The van der Waals surface area contributed by atoms with Crippen molar-refractivity contribution in [2.24, 2.45) is 0 Å². The van der Waals surface area contributed by atoms with Crippen LogP contribution in [0.4, 0.5) is 13.2 Å². The van der Waals surface area contributed by atoms with Gasteiger partial charge in [-0.3, -0.25) is 0 Å². The molecular weight excluding hydrogens is 263 g/mol. The van der Waals surface area contributed by atoms with Crippen LogP contribution in [0.3, 0.4) is 0 Å². The number of halogens is 3. The lowest BCUT2D eigenvalue weighted by molar-refractivity contribution is 0.487. The zero-order valence-electron chi connectivity index (χ0n) is 11.4. The summed E-state index contributed by atoms with van der Waals surface area (Å²) in [5, 5.41) is 3.00. The van der Waals surface area contributed by atoms with E-state index >= 15 is 0 Å². The van der Waals surface area contributed by atoms with Crippen molar-refractivity contribution in [3.05, 3.63) is 70.5 Å². The number of rotatable bonds is 4. The highest BCUT2D eigenvalue weighted by molar-refractivity contribution is 5.25. The van der Waals surface area contributed by atoms with Gasteiger partial charge < -0.3 is 5.32 Å². The van der Waals surface area contributed by atoms with E-state index in [4.69, 9.17) is 0 Å². The van der Waals surface area contributed by atoms with Gasteiger partial charge in [-0.1, -0.05) is 18.2 Å². The standard InChI is InChI=1S/C16H16F3N/c1-10-6-7-12(8-15(10)19)9-20-11(2)16-13(17)4-3-5-14(16)18/h3-8,11,20H,9H2,1-2H3. The molecule has 0 aliphatic carbocycles. The lowest BCUT2D eigenvalue weighted by atomic mass is 10.1. The second-order valence-electron chi connectivity index (χ2n) is 4.82. The summed E-state index contributed by atoms with van der Waals surface area (Å²) in [5.74, 6) is -1.45. The molecule has 0 bridgehead atoms. The van der Waals surface area contributed by atoms with Crippen molar-refractivity contribution in [3.63, 3.8) is 0 Å². The Labute approximate surface area is 116 Å². The predicted octanol–water partition coefficient (Wildman–Crippen LogP) is 4.26. The van der Waals surface area contributed by atoms with Crippen molar-refractivity contribution in [3.8, 4) is 0 Å². The molecule has 0 radical (unpaired) electrons. The van der Waals surface area contributed by atoms with Gasteiger partial charge in [0.25, 0.3) is 0 Å². The van der Waals surface area contributed by atoms with E-state index in [1.807, 2.05) is 0 Å². The fraction of sp³-hybridized carbons (Fsp3) is 0.250. The third-order valence-corrected chi connectivity index (χ3v) is 3.28. The van der Waals surface area contributed by atoms with Crippen LogP contribution in [0.2, 0.25) is 0 Å². The first-order valence-corrected chi connectivity index (χ1v) is 6.41. The Hall–Kier alpha value is -1.81. The van der Waals surface area contributed by atoms with Crippen LogP contribution in [-0.4, -0.2) is 0 Å². The van der Waals surface area contributed by atoms with Gasteiger partial charge in [0.2, 0.25) is 0 Å². The Morgan fingerprint density at radius 3 is 2.25 bits per heavy atom. The first kappa shape index (κ1) is 14.6. The van der Waals surface area contributed by atoms with Gasteiger partial charge in [0.05, 0.1) is 0 Å². The number of hydrogen-bond acceptors (Lipinski definition) is 1. The molecule has 0 aliphatic rings. The van der Waals surface area contributed by atoms with Crippen molar-refractivity contribution in [2.75, 3.05) is 0 Å². The maximum absolute atomic E-state index is 13.6. The highest BCUT2D eigenvalue weighted by Crippen LogP contribution is 2.20. The molecule has 1 unspecified atom stereocenters. The summed E-state index contributed by atoms with van der Waals surface area (Å²) in [6, 6.07) is 8.17. The second-order valence-corrected chi connectivity index (χ2v) is 4.82. The highest BCUT2D eigenvalue weighted by atomic mass is 19.1. The summed E-state index contributed by atoms with van der Waals surface area (Å²) >= 11 is 0. The molecule has 0 aliphatic heterocycles. The summed E-state index contributed by atoms with van der Waals surface area (Å²) in [6.45, 7) is 3.70. The lowest BCUT2D eigenvalue weighted by Gasteiger charge is -2.16. The van der Waals surface area contributed by atoms with E-state index < -0.39 is 17.7 Å². The Kier molecular flexibility index (Phi) is 4.45. The molecule has 0 amide bonds. The molecule has 1 nitrogen and oxygen atoms in total. The molecule has 2 aromatic carbocycles. The smallest absolute Gasteiger partial charge is 0.130 e. The highest BCUT2D eigenvalue weighted by Gasteiger charge is 2.15. The summed E-state index contributed by atoms with van der Waals surface area (Å²) in [5.41, 5.74) is 1.30. The SMILES string of the molecule is Cc1ccc(CNC(C)c2c(F)cccc2F)cc1F. The first-order valence-electron chi connectivity index (χ1n) is 6.41. The van der Waals surface area contributed by atoms with E-state index in [1.54, 1.807) is 26.0 Å². The molecule has 0 saturated heterocycles. The van der Waals surface area contributed by atoms with Crippen molar-refractivity contribution in [2.45, 2.75) is 26.4 Å². The number of nitrogens with one attached hydrogen (secondary N) is 1. The van der Waals surface area contributed by atoms with Crippen LogP contribution < -0.4 is 5.32 Å². The first-order chi connectivity index (χ1) is 9.49. The maximum Gasteiger partial charge on any atom is 0.130 e. The Balaban J connectivity index is 2.08. The molecule has 2 rings (SSSR count). The topological polar surface area (TPSA) is 12.0 Å². The third kappa shape index (κ3) is 3.20. The summed E-state index contributed by atoms with van der Waals surface area (Å²) in [6.07, 6.45) is 0. The van der Waals surface area contributed by atoms with Crippen molar-refractivity contribution >= 4 is 0 Å². The van der Waals surface area contributed by atoms with Crippen molar-refractivity contribution in [1.29, 1.82) is 0 Å². The molecule has 0 fully saturated rings. The van der Waals surface area contributed by atoms with Gasteiger partial charge in [0, 0.05) is 18.2 Å². The summed E-state index contributed by atoms with van der Waals surface area (Å²) < 4.78 is 40.6. The molecule has 106 valence electrons. The molecule has 4 heteroatoms. The van der Waals surface area contributed by atoms with Crippen LogP contribution in [0.25, 0.3) is 0 Å². The van der Waals surface area contributed by atoms with E-state index in [0.717, 1.165) is 5.56 Å². The minimum atomic E-state index is -0.583. The molecule has 20 heavy (non-hydrogen) atoms. The molecule has 2 aromatic rings. The van der Waals surface area contributed by atoms with Crippen LogP contribution >= 0.6 is 0 Å². The number of aryl methyl sites for hydroxylation is 1. The van der Waals surface area contributed by atoms with Gasteiger partial charge in [0.15, 0.2) is 0 Å². The average Bonchev–Trinajstić information content (AvgIpc) is 2.40. The van der Waals surface area contributed by atoms with Crippen molar-refractivity contribution < 1.29 is 13.2 Å². The van der Waals surface area contributed by atoms with Gasteiger partial charge in [-0.05, 0) is 43.2 Å². The fourth-order valence-electron chi connectivity index (χ4n) is 2.04. The van der Waals surface area contributed by atoms with Crippen molar-refractivity contribution in [1.82, 2.24) is 5.32 Å². The predicted molar refractivity (Wildman–Crippen MR) is 72.7 cm³/mol. The Bertz CT molecular complexity index is 590. The minimum absolute atomic E-state index is 0.0000774. The van der Waals surface area contributed by atoms with Crippen LogP contribution in [0.5, 0.6) is 0 Å². The van der Waals surface area contributed by atoms with E-state index in [9.17, 15) is 13.2 Å². The van der Waals surface area contributed by atoms with Gasteiger partial charge >= 0.3 is 0 Å². The number of benzene rings is 2. The molecule has 0 saturated carbocycles. The van der Waals surface area contributed by atoms with E-state index in [2.05, 4.69) is 5.32 Å². The number of hydrogen-bond donors (Lipinski definition) is 1. The molecular formula is C16H16F3N. The maximum atomic E-state index is 13.6.